The van der Waals surface area contributed by atoms with E-state index in [1.165, 1.54) is 22.5 Å². The molecule has 2 fully saturated rings. The molecule has 1 spiro atoms. The summed E-state index contributed by atoms with van der Waals surface area (Å²) >= 11 is 12.5. The zero-order valence-electron chi connectivity index (χ0n) is 21.8. The summed E-state index contributed by atoms with van der Waals surface area (Å²) in [5.41, 5.74) is 0.541. The highest BCUT2D eigenvalue weighted by atomic mass is 35.5. The van der Waals surface area contributed by atoms with Crippen molar-refractivity contribution in [2.24, 2.45) is 0 Å². The Kier molecular flexibility index (Phi) is 8.10. The molecule has 3 aromatic carbocycles. The normalized spacial score (nSPS) is 18.5. The van der Waals surface area contributed by atoms with E-state index < -0.39 is 21.9 Å². The van der Waals surface area contributed by atoms with E-state index in [2.05, 4.69) is 5.32 Å². The minimum Gasteiger partial charge on any atom is -0.343 e. The summed E-state index contributed by atoms with van der Waals surface area (Å²) in [6, 6.07) is 19.9. The van der Waals surface area contributed by atoms with E-state index in [-0.39, 0.29) is 33.8 Å². The number of hydrogen-bond acceptors (Lipinski definition) is 5. The van der Waals surface area contributed by atoms with Crippen LogP contribution in [0.3, 0.4) is 0 Å². The van der Waals surface area contributed by atoms with Crippen molar-refractivity contribution < 1.29 is 22.7 Å². The molecule has 0 aromatic heterocycles. The maximum absolute atomic E-state index is 14.0. The van der Waals surface area contributed by atoms with Crippen LogP contribution in [-0.4, -0.2) is 50.1 Å². The van der Waals surface area contributed by atoms with Gasteiger partial charge in [-0.15, -0.1) is 0 Å². The van der Waals surface area contributed by atoms with Crippen LogP contribution in [0.15, 0.2) is 77.7 Å². The van der Waals surface area contributed by atoms with Gasteiger partial charge in [0.2, 0.25) is 0 Å². The van der Waals surface area contributed by atoms with Gasteiger partial charge in [0.25, 0.3) is 21.8 Å². The highest BCUT2D eigenvalue weighted by Crippen LogP contribution is 2.33. The number of likely N-dealkylation sites (tertiary alicyclic amines) is 1. The fourth-order valence-electron chi connectivity index (χ4n) is 5.04. The van der Waals surface area contributed by atoms with Crippen LogP contribution in [0, 0.1) is 0 Å². The third-order valence-electron chi connectivity index (χ3n) is 7.28. The Morgan fingerprint density at radius 3 is 2.35 bits per heavy atom. The lowest BCUT2D eigenvalue weighted by atomic mass is 10.00. The van der Waals surface area contributed by atoms with Crippen LogP contribution in [0.4, 0.5) is 5.69 Å². The van der Waals surface area contributed by atoms with Crippen molar-refractivity contribution in [3.8, 4) is 0 Å². The van der Waals surface area contributed by atoms with Crippen LogP contribution < -0.4 is 9.62 Å². The van der Waals surface area contributed by atoms with Crippen molar-refractivity contribution in [1.82, 2.24) is 10.2 Å². The van der Waals surface area contributed by atoms with E-state index in [9.17, 15) is 18.0 Å². The van der Waals surface area contributed by atoms with E-state index in [1.807, 2.05) is 37.3 Å². The first kappa shape index (κ1) is 28.4. The molecule has 1 N–H and O–H groups in total. The average Bonchev–Trinajstić information content (AvgIpc) is 3.27. The first-order valence-corrected chi connectivity index (χ1v) is 15.2. The van der Waals surface area contributed by atoms with Crippen molar-refractivity contribution in [1.29, 1.82) is 0 Å². The molecule has 5 rings (SSSR count). The Morgan fingerprint density at radius 2 is 1.73 bits per heavy atom. The quantitative estimate of drug-likeness (QED) is 0.399. The zero-order chi connectivity index (χ0) is 28.5. The molecule has 11 heteroatoms. The third kappa shape index (κ3) is 5.69. The van der Waals surface area contributed by atoms with Crippen molar-refractivity contribution >= 4 is 50.7 Å². The number of amides is 2. The molecule has 0 bridgehead atoms. The number of benzene rings is 3. The number of piperidine rings is 1. The Hall–Kier alpha value is -3.11. The molecule has 1 unspecified atom stereocenters. The predicted molar refractivity (Wildman–Crippen MR) is 154 cm³/mol. The summed E-state index contributed by atoms with van der Waals surface area (Å²) in [5, 5.41) is 3.58. The van der Waals surface area contributed by atoms with E-state index in [0.717, 1.165) is 5.56 Å². The summed E-state index contributed by atoms with van der Waals surface area (Å²) in [6.45, 7) is 2.62. The summed E-state index contributed by atoms with van der Waals surface area (Å²) in [4.78, 5) is 27.3. The smallest absolute Gasteiger partial charge is 0.264 e. The average molecular weight is 603 g/mol. The lowest BCUT2D eigenvalue weighted by Gasteiger charge is -2.38. The van der Waals surface area contributed by atoms with Crippen LogP contribution >= 0.6 is 23.2 Å². The molecule has 2 amide bonds. The SMILES string of the molecule is CCC1OC2(CCN(C(=O)c3cc(S(=O)(=O)N(Cc4ccccc4)c4ccc(Cl)cc4)ccc3Cl)CC2)NC1=O. The Balaban J connectivity index is 1.41. The second-order valence-electron chi connectivity index (χ2n) is 9.91. The third-order valence-corrected chi connectivity index (χ3v) is 9.63. The number of anilines is 1. The number of carbonyl (C=O) groups is 2. The zero-order valence-corrected chi connectivity index (χ0v) is 24.2. The monoisotopic (exact) mass is 601 g/mol. The van der Waals surface area contributed by atoms with Crippen LogP contribution in [0.25, 0.3) is 0 Å². The number of halogens is 2. The standard InChI is InChI=1S/C29H29Cl2N3O5S/c1-2-26-27(35)32-29(39-26)14-16-33(17-15-29)28(36)24-18-23(12-13-25(24)31)40(37,38)34(19-20-6-4-3-5-7-20)22-10-8-21(30)9-11-22/h3-13,18,26H,2,14-17,19H2,1H3,(H,32,35). The van der Waals surface area contributed by atoms with Crippen molar-refractivity contribution in [3.05, 3.63) is 94.0 Å². The molecule has 0 saturated carbocycles. The summed E-state index contributed by atoms with van der Waals surface area (Å²) in [5.74, 6) is -0.515. The molecule has 3 aromatic rings. The first-order valence-electron chi connectivity index (χ1n) is 13.0. The largest absolute Gasteiger partial charge is 0.343 e. The molecule has 2 heterocycles. The van der Waals surface area contributed by atoms with Gasteiger partial charge in [0, 0.05) is 31.0 Å². The van der Waals surface area contributed by atoms with Crippen LogP contribution in [0.2, 0.25) is 10.0 Å². The fourth-order valence-corrected chi connectivity index (χ4v) is 6.84. The Labute approximate surface area is 243 Å². The first-order chi connectivity index (χ1) is 19.1. The molecule has 0 aliphatic carbocycles. The van der Waals surface area contributed by atoms with Crippen LogP contribution in [0.5, 0.6) is 0 Å². The van der Waals surface area contributed by atoms with Crippen molar-refractivity contribution in [2.75, 3.05) is 17.4 Å². The molecule has 2 aliphatic rings. The summed E-state index contributed by atoms with van der Waals surface area (Å²) < 4.78 is 35.3. The molecule has 8 nitrogen and oxygen atoms in total. The maximum Gasteiger partial charge on any atom is 0.264 e. The Bertz CT molecular complexity index is 1510. The lowest BCUT2D eigenvalue weighted by molar-refractivity contribution is -0.124. The molecular weight excluding hydrogens is 573 g/mol. The van der Waals surface area contributed by atoms with Crippen LogP contribution in [-0.2, 0) is 26.1 Å². The molecular formula is C29H29Cl2N3O5S. The number of sulfonamides is 1. The number of rotatable bonds is 7. The van der Waals surface area contributed by atoms with E-state index in [4.69, 9.17) is 27.9 Å². The second kappa shape index (κ2) is 11.4. The van der Waals surface area contributed by atoms with Gasteiger partial charge in [0.15, 0.2) is 0 Å². The van der Waals surface area contributed by atoms with Gasteiger partial charge in [0.05, 0.1) is 27.7 Å². The van der Waals surface area contributed by atoms with Gasteiger partial charge in [-0.05, 0) is 54.4 Å². The molecule has 2 aliphatic heterocycles. The van der Waals surface area contributed by atoms with E-state index >= 15 is 0 Å². The van der Waals surface area contributed by atoms with Crippen LogP contribution in [0.1, 0.15) is 42.1 Å². The topological polar surface area (TPSA) is 96.0 Å². The molecule has 0 radical (unpaired) electrons. The second-order valence-corrected chi connectivity index (χ2v) is 12.6. The predicted octanol–water partition coefficient (Wildman–Crippen LogP) is 5.25. The van der Waals surface area contributed by atoms with Gasteiger partial charge in [-0.2, -0.15) is 0 Å². The van der Waals surface area contributed by atoms with Crippen molar-refractivity contribution in [2.45, 2.75) is 49.5 Å². The minimum absolute atomic E-state index is 0.0585. The number of carbonyl (C=O) groups excluding carboxylic acids is 2. The number of ether oxygens (including phenoxy) is 1. The Morgan fingerprint density at radius 1 is 1.05 bits per heavy atom. The maximum atomic E-state index is 14.0. The van der Waals surface area contributed by atoms with E-state index in [1.54, 1.807) is 29.2 Å². The molecule has 40 heavy (non-hydrogen) atoms. The van der Waals surface area contributed by atoms with Crippen molar-refractivity contribution in [3.63, 3.8) is 0 Å². The molecule has 1 atom stereocenters. The minimum atomic E-state index is -4.11. The summed E-state index contributed by atoms with van der Waals surface area (Å²) in [6.07, 6.45) is 0.943. The summed E-state index contributed by atoms with van der Waals surface area (Å²) in [7, 11) is -4.11. The fraction of sp³-hybridized carbons (Fsp3) is 0.310. The van der Waals surface area contributed by atoms with Gasteiger partial charge < -0.3 is 15.0 Å². The number of nitrogens with one attached hydrogen (secondary N) is 1. The van der Waals surface area contributed by atoms with Gasteiger partial charge in [-0.1, -0.05) is 60.5 Å². The van der Waals surface area contributed by atoms with E-state index in [0.29, 0.717) is 43.1 Å². The van der Waals surface area contributed by atoms with Gasteiger partial charge >= 0.3 is 0 Å². The van der Waals surface area contributed by atoms with Gasteiger partial charge in [-0.3, -0.25) is 13.9 Å². The molecule has 2 saturated heterocycles. The molecule has 210 valence electrons. The number of hydrogen-bond donors (Lipinski definition) is 1. The van der Waals surface area contributed by atoms with Gasteiger partial charge in [0.1, 0.15) is 11.8 Å². The highest BCUT2D eigenvalue weighted by Gasteiger charge is 2.47. The lowest BCUT2D eigenvalue weighted by Crippen LogP contribution is -2.53. The highest BCUT2D eigenvalue weighted by molar-refractivity contribution is 7.92. The number of nitrogens with zero attached hydrogens (tertiary/aromatic N) is 2. The van der Waals surface area contributed by atoms with Gasteiger partial charge in [-0.25, -0.2) is 8.42 Å².